The number of likely N-dealkylation sites (tertiary alicyclic amines) is 1. The van der Waals surface area contributed by atoms with Crippen LogP contribution in [0.15, 0.2) is 16.6 Å². The van der Waals surface area contributed by atoms with E-state index in [9.17, 15) is 4.79 Å². The van der Waals surface area contributed by atoms with Crippen LogP contribution in [0.4, 0.5) is 0 Å². The Morgan fingerprint density at radius 1 is 1.32 bits per heavy atom. The molecule has 0 saturated carbocycles. The summed E-state index contributed by atoms with van der Waals surface area (Å²) in [7, 11) is 0. The molecule has 150 valence electrons. The van der Waals surface area contributed by atoms with Gasteiger partial charge in [-0.05, 0) is 39.2 Å². The molecule has 0 aromatic carbocycles. The Balaban J connectivity index is 1.32. The predicted molar refractivity (Wildman–Crippen MR) is 109 cm³/mol. The number of nitrogens with zero attached hydrogens (tertiary/aromatic N) is 5. The fourth-order valence-electron chi connectivity index (χ4n) is 3.85. The van der Waals surface area contributed by atoms with Crippen LogP contribution in [0, 0.1) is 13.8 Å². The Hall–Kier alpha value is -2.22. The van der Waals surface area contributed by atoms with Crippen molar-refractivity contribution in [3.05, 3.63) is 33.5 Å². The molecule has 4 heterocycles. The predicted octanol–water partition coefficient (Wildman–Crippen LogP) is 3.27. The van der Waals surface area contributed by atoms with Crippen LogP contribution >= 0.6 is 11.3 Å². The first-order chi connectivity index (χ1) is 13.5. The average molecular weight is 402 g/mol. The van der Waals surface area contributed by atoms with E-state index in [1.807, 2.05) is 24.8 Å². The zero-order chi connectivity index (χ0) is 19.7. The first-order valence-electron chi connectivity index (χ1n) is 10.0. The number of carbonyl (C=O) groups excluding carboxylic acids is 1. The van der Waals surface area contributed by atoms with Crippen LogP contribution in [-0.4, -0.2) is 50.5 Å². The maximum atomic E-state index is 12.6. The van der Waals surface area contributed by atoms with Crippen LogP contribution in [0.25, 0.3) is 0 Å². The van der Waals surface area contributed by atoms with Crippen LogP contribution in [0.2, 0.25) is 0 Å². The van der Waals surface area contributed by atoms with E-state index < -0.39 is 0 Å². The van der Waals surface area contributed by atoms with Crippen molar-refractivity contribution in [3.63, 3.8) is 0 Å². The Kier molecular flexibility index (Phi) is 5.48. The van der Waals surface area contributed by atoms with Gasteiger partial charge in [-0.15, -0.1) is 11.3 Å². The summed E-state index contributed by atoms with van der Waals surface area (Å²) in [5, 5.41) is 11.8. The molecule has 8 heteroatoms. The monoisotopic (exact) mass is 401 g/mol. The number of oxime groups is 1. The molecule has 1 saturated heterocycles. The van der Waals surface area contributed by atoms with Gasteiger partial charge in [-0.25, -0.2) is 4.98 Å². The first-order valence-corrected chi connectivity index (χ1v) is 10.9. The zero-order valence-corrected chi connectivity index (χ0v) is 17.5. The van der Waals surface area contributed by atoms with E-state index in [1.54, 1.807) is 16.0 Å². The molecule has 0 N–H and O–H groups in total. The van der Waals surface area contributed by atoms with Crippen LogP contribution in [0.1, 0.15) is 60.6 Å². The lowest BCUT2D eigenvalue weighted by Gasteiger charge is -2.31. The van der Waals surface area contributed by atoms with Crippen molar-refractivity contribution in [2.45, 2.75) is 65.0 Å². The fraction of sp³-hybridized carbons (Fsp3) is 0.600. The molecule has 0 aliphatic carbocycles. The normalized spacial score (nSPS) is 20.3. The van der Waals surface area contributed by atoms with Crippen molar-refractivity contribution < 1.29 is 9.63 Å². The van der Waals surface area contributed by atoms with E-state index in [-0.39, 0.29) is 12.0 Å². The Labute approximate surface area is 169 Å². The molecule has 28 heavy (non-hydrogen) atoms. The average Bonchev–Trinajstić information content (AvgIpc) is 3.42. The van der Waals surface area contributed by atoms with Gasteiger partial charge in [-0.1, -0.05) is 12.1 Å². The molecular weight excluding hydrogens is 374 g/mol. The van der Waals surface area contributed by atoms with Crippen LogP contribution in [0.5, 0.6) is 0 Å². The number of carbonyl (C=O) groups is 1. The van der Waals surface area contributed by atoms with E-state index in [0.29, 0.717) is 12.5 Å². The second kappa shape index (κ2) is 8.03. The van der Waals surface area contributed by atoms with Crippen molar-refractivity contribution in [3.8, 4) is 0 Å². The third kappa shape index (κ3) is 3.97. The van der Waals surface area contributed by atoms with E-state index in [2.05, 4.69) is 22.6 Å². The highest BCUT2D eigenvalue weighted by Crippen LogP contribution is 2.31. The largest absolute Gasteiger partial charge is 0.392 e. The quantitative estimate of drug-likeness (QED) is 0.771. The number of aromatic nitrogens is 3. The number of amides is 1. The Morgan fingerprint density at radius 3 is 2.75 bits per heavy atom. The molecule has 0 bridgehead atoms. The smallest absolute Gasteiger partial charge is 0.244 e. The molecule has 2 aliphatic rings. The molecule has 1 fully saturated rings. The Morgan fingerprint density at radius 2 is 2.11 bits per heavy atom. The maximum Gasteiger partial charge on any atom is 0.244 e. The molecule has 1 atom stereocenters. The summed E-state index contributed by atoms with van der Waals surface area (Å²) in [6.07, 6.45) is 3.91. The van der Waals surface area contributed by atoms with Gasteiger partial charge in [0.05, 0.1) is 16.4 Å². The number of hydrogen-bond donors (Lipinski definition) is 0. The van der Waals surface area contributed by atoms with E-state index in [4.69, 9.17) is 9.82 Å². The van der Waals surface area contributed by atoms with Crippen molar-refractivity contribution in [1.29, 1.82) is 0 Å². The molecule has 1 amide bonds. The van der Waals surface area contributed by atoms with E-state index in [1.165, 1.54) is 0 Å². The summed E-state index contributed by atoms with van der Waals surface area (Å²) in [6, 6.07) is 2.00. The van der Waals surface area contributed by atoms with Crippen LogP contribution < -0.4 is 0 Å². The minimum Gasteiger partial charge on any atom is -0.392 e. The summed E-state index contributed by atoms with van der Waals surface area (Å²) in [5.41, 5.74) is 3.90. The topological polar surface area (TPSA) is 72.6 Å². The minimum absolute atomic E-state index is 0.146. The second-order valence-electron chi connectivity index (χ2n) is 7.69. The van der Waals surface area contributed by atoms with Crippen LogP contribution in [-0.2, 0) is 16.2 Å². The van der Waals surface area contributed by atoms with Crippen LogP contribution in [0.3, 0.4) is 0 Å². The Bertz CT molecular complexity index is 879. The highest BCUT2D eigenvalue weighted by Gasteiger charge is 2.28. The molecule has 0 spiro atoms. The fourth-order valence-corrected chi connectivity index (χ4v) is 4.85. The lowest BCUT2D eigenvalue weighted by Crippen LogP contribution is -2.40. The maximum absolute atomic E-state index is 12.6. The van der Waals surface area contributed by atoms with E-state index in [0.717, 1.165) is 66.6 Å². The molecule has 0 radical (unpaired) electrons. The van der Waals surface area contributed by atoms with Crippen molar-refractivity contribution >= 4 is 23.0 Å². The second-order valence-corrected chi connectivity index (χ2v) is 8.58. The summed E-state index contributed by atoms with van der Waals surface area (Å²) in [4.78, 5) is 24.8. The molecule has 2 aromatic heterocycles. The van der Waals surface area contributed by atoms with Gasteiger partial charge in [-0.3, -0.25) is 9.48 Å². The van der Waals surface area contributed by atoms with Gasteiger partial charge in [0.15, 0.2) is 0 Å². The molecule has 2 aliphatic heterocycles. The highest BCUT2D eigenvalue weighted by molar-refractivity contribution is 7.10. The van der Waals surface area contributed by atoms with Gasteiger partial charge in [0, 0.05) is 36.5 Å². The number of aryl methyl sites for hydroxylation is 2. The molecule has 2 aromatic rings. The number of thiazole rings is 1. The number of hydrogen-bond acceptors (Lipinski definition) is 6. The molecule has 1 unspecified atom stereocenters. The lowest BCUT2D eigenvalue weighted by molar-refractivity contribution is -0.133. The third-order valence-electron chi connectivity index (χ3n) is 5.59. The molecule has 4 rings (SSSR count). The summed E-state index contributed by atoms with van der Waals surface area (Å²) in [6.45, 7) is 7.93. The SMILES string of the molecule is CCC1CC(c2csc(C3CCN(C(=O)Cn4nc(C)cc4C)CC3)n2)=NO1. The van der Waals surface area contributed by atoms with Gasteiger partial charge < -0.3 is 9.74 Å². The van der Waals surface area contributed by atoms with Gasteiger partial charge in [-0.2, -0.15) is 5.10 Å². The minimum atomic E-state index is 0.146. The number of rotatable bonds is 5. The highest BCUT2D eigenvalue weighted by atomic mass is 32.1. The standard InChI is InChI=1S/C20H27N5O2S/c1-4-16-10-17(23-27-16)18-12-28-20(21-18)15-5-7-24(8-6-15)19(26)11-25-14(3)9-13(2)22-25/h9,12,15-16H,4-8,10-11H2,1-3H3. The van der Waals surface area contributed by atoms with E-state index >= 15 is 0 Å². The lowest BCUT2D eigenvalue weighted by atomic mass is 9.97. The van der Waals surface area contributed by atoms with Gasteiger partial charge in [0.1, 0.15) is 18.4 Å². The molecule has 7 nitrogen and oxygen atoms in total. The van der Waals surface area contributed by atoms with Gasteiger partial charge in [0.2, 0.25) is 5.91 Å². The van der Waals surface area contributed by atoms with Gasteiger partial charge >= 0.3 is 0 Å². The summed E-state index contributed by atoms with van der Waals surface area (Å²) >= 11 is 1.70. The third-order valence-corrected chi connectivity index (χ3v) is 6.60. The molecular formula is C20H27N5O2S. The van der Waals surface area contributed by atoms with Crippen molar-refractivity contribution in [2.24, 2.45) is 5.16 Å². The zero-order valence-electron chi connectivity index (χ0n) is 16.7. The van der Waals surface area contributed by atoms with Gasteiger partial charge in [0.25, 0.3) is 0 Å². The van der Waals surface area contributed by atoms with Crippen molar-refractivity contribution in [1.82, 2.24) is 19.7 Å². The van der Waals surface area contributed by atoms with Crippen molar-refractivity contribution in [2.75, 3.05) is 13.1 Å². The first kappa shape index (κ1) is 19.1. The number of piperidine rings is 1. The summed E-state index contributed by atoms with van der Waals surface area (Å²) in [5.74, 6) is 0.564. The summed E-state index contributed by atoms with van der Waals surface area (Å²) < 4.78 is 1.80.